The van der Waals surface area contributed by atoms with E-state index in [0.29, 0.717) is 4.90 Å². The molecule has 94 valence electrons. The lowest BCUT2D eigenvalue weighted by atomic mass is 9.89. The summed E-state index contributed by atoms with van der Waals surface area (Å²) in [5.74, 6) is 0. The number of halogens is 1. The van der Waals surface area contributed by atoms with Crippen molar-refractivity contribution in [2.75, 3.05) is 0 Å². The van der Waals surface area contributed by atoms with E-state index in [1.165, 1.54) is 5.41 Å². The zero-order chi connectivity index (χ0) is 13.1. The van der Waals surface area contributed by atoms with Crippen LogP contribution in [0.25, 0.3) is 0 Å². The second-order valence-corrected chi connectivity index (χ2v) is 6.62. The van der Waals surface area contributed by atoms with Crippen molar-refractivity contribution < 1.29 is 9.32 Å². The van der Waals surface area contributed by atoms with E-state index in [-0.39, 0.29) is 10.4 Å². The Labute approximate surface area is 110 Å². The molecule has 0 fully saturated rings. The molecule has 0 amide bonds. The van der Waals surface area contributed by atoms with Gasteiger partial charge >= 0.3 is 0 Å². The second kappa shape index (κ2) is 5.80. The molecular weight excluding hydrogens is 256 g/mol. The minimum atomic E-state index is -1.32. The Morgan fingerprint density at radius 3 is 2.35 bits per heavy atom. The zero-order valence-electron chi connectivity index (χ0n) is 10.2. The Balaban J connectivity index is 2.87. The van der Waals surface area contributed by atoms with Crippen molar-refractivity contribution in [3.63, 3.8) is 0 Å². The second-order valence-electron chi connectivity index (χ2n) is 4.88. The first-order valence-corrected chi connectivity index (χ1v) is 6.92. The van der Waals surface area contributed by atoms with Crippen LogP contribution in [0.4, 0.5) is 0 Å². The smallest absolute Gasteiger partial charge is 0.0949 e. The van der Waals surface area contributed by atoms with E-state index in [4.69, 9.17) is 11.6 Å². The van der Waals surface area contributed by atoms with Crippen LogP contribution in [0.3, 0.4) is 0 Å². The summed E-state index contributed by atoms with van der Waals surface area (Å²) in [4.78, 5) is 0.673. The number of hydrogen-bond donors (Lipinski definition) is 1. The Morgan fingerprint density at radius 2 is 1.88 bits per heavy atom. The molecule has 0 heterocycles. The summed E-state index contributed by atoms with van der Waals surface area (Å²) < 4.78 is 11.9. The molecule has 4 heteroatoms. The summed E-state index contributed by atoms with van der Waals surface area (Å²) in [6.45, 7) is 5.62. The third kappa shape index (κ3) is 4.26. The van der Waals surface area contributed by atoms with Gasteiger partial charge in [-0.05, 0) is 17.5 Å². The Morgan fingerprint density at radius 1 is 1.35 bits per heavy atom. The standard InChI is InChI=1S/C13H17ClO2S/c1-13(2,3)12(15)11(14)9-17(16)10-7-5-4-6-8-10/h4-9,12,15H,1-3H3/b11-9+/t12-,17?/m1/s1. The summed E-state index contributed by atoms with van der Waals surface area (Å²) in [5, 5.41) is 11.5. The number of rotatable bonds is 3. The summed E-state index contributed by atoms with van der Waals surface area (Å²) in [6, 6.07) is 9.01. The first-order valence-electron chi connectivity index (χ1n) is 5.33. The van der Waals surface area contributed by atoms with Gasteiger partial charge < -0.3 is 5.11 Å². The molecule has 1 rings (SSSR count). The highest BCUT2D eigenvalue weighted by Crippen LogP contribution is 2.27. The van der Waals surface area contributed by atoms with E-state index in [9.17, 15) is 9.32 Å². The molecule has 0 aliphatic carbocycles. The maximum absolute atomic E-state index is 11.9. The van der Waals surface area contributed by atoms with Crippen molar-refractivity contribution in [1.29, 1.82) is 0 Å². The van der Waals surface area contributed by atoms with E-state index in [1.807, 2.05) is 39.0 Å². The maximum atomic E-state index is 11.9. The topological polar surface area (TPSA) is 37.3 Å². The van der Waals surface area contributed by atoms with Gasteiger partial charge in [-0.2, -0.15) is 0 Å². The van der Waals surface area contributed by atoms with Crippen LogP contribution >= 0.6 is 11.6 Å². The van der Waals surface area contributed by atoms with Crippen molar-refractivity contribution in [2.24, 2.45) is 5.41 Å². The molecule has 2 nitrogen and oxygen atoms in total. The monoisotopic (exact) mass is 272 g/mol. The van der Waals surface area contributed by atoms with Crippen LogP contribution in [-0.4, -0.2) is 15.4 Å². The van der Waals surface area contributed by atoms with Gasteiger partial charge in [-0.25, -0.2) is 4.21 Å². The SMILES string of the molecule is CC(C)(C)[C@H](O)/C(Cl)=C\S(=O)c1ccccc1. The minimum absolute atomic E-state index is 0.222. The lowest BCUT2D eigenvalue weighted by molar-refractivity contribution is 0.102. The normalized spacial score (nSPS) is 16.6. The highest BCUT2D eigenvalue weighted by atomic mass is 35.5. The van der Waals surface area contributed by atoms with Crippen molar-refractivity contribution in [1.82, 2.24) is 0 Å². The molecule has 0 saturated heterocycles. The Kier molecular flexibility index (Phi) is 4.92. The van der Waals surface area contributed by atoms with E-state index >= 15 is 0 Å². The number of aliphatic hydroxyl groups excluding tert-OH is 1. The van der Waals surface area contributed by atoms with Gasteiger partial charge in [-0.1, -0.05) is 50.6 Å². The van der Waals surface area contributed by atoms with Gasteiger partial charge in [0.25, 0.3) is 0 Å². The van der Waals surface area contributed by atoms with E-state index < -0.39 is 16.9 Å². The van der Waals surface area contributed by atoms with Crippen LogP contribution in [-0.2, 0) is 10.8 Å². The Hall–Kier alpha value is -0.640. The van der Waals surface area contributed by atoms with Gasteiger partial charge in [-0.15, -0.1) is 0 Å². The average Bonchev–Trinajstić information content (AvgIpc) is 2.27. The first kappa shape index (κ1) is 14.4. The van der Waals surface area contributed by atoms with Crippen LogP contribution in [0.5, 0.6) is 0 Å². The molecule has 0 aliphatic rings. The highest BCUT2D eigenvalue weighted by Gasteiger charge is 2.25. The van der Waals surface area contributed by atoms with Gasteiger partial charge in [-0.3, -0.25) is 0 Å². The minimum Gasteiger partial charge on any atom is -0.387 e. The number of aliphatic hydroxyl groups is 1. The van der Waals surface area contributed by atoms with Crippen molar-refractivity contribution in [3.05, 3.63) is 40.8 Å². The van der Waals surface area contributed by atoms with Gasteiger partial charge in [0.05, 0.1) is 21.9 Å². The molecule has 0 aliphatic heterocycles. The van der Waals surface area contributed by atoms with Gasteiger partial charge in [0, 0.05) is 10.3 Å². The summed E-state index contributed by atoms with van der Waals surface area (Å²) in [6.07, 6.45) is -0.808. The molecule has 1 aromatic rings. The van der Waals surface area contributed by atoms with Crippen molar-refractivity contribution in [3.8, 4) is 0 Å². The number of benzene rings is 1. The van der Waals surface area contributed by atoms with Gasteiger partial charge in [0.15, 0.2) is 0 Å². The van der Waals surface area contributed by atoms with Crippen LogP contribution in [0.1, 0.15) is 20.8 Å². The fourth-order valence-electron chi connectivity index (χ4n) is 1.20. The molecule has 0 saturated carbocycles. The lowest BCUT2D eigenvalue weighted by Crippen LogP contribution is -2.26. The predicted molar refractivity (Wildman–Crippen MR) is 72.2 cm³/mol. The maximum Gasteiger partial charge on any atom is 0.0949 e. The van der Waals surface area contributed by atoms with Crippen molar-refractivity contribution >= 4 is 22.4 Å². The zero-order valence-corrected chi connectivity index (χ0v) is 11.8. The summed E-state index contributed by atoms with van der Waals surface area (Å²) in [7, 11) is -1.32. The fraction of sp³-hybridized carbons (Fsp3) is 0.385. The fourth-order valence-corrected chi connectivity index (χ4v) is 2.67. The van der Waals surface area contributed by atoms with E-state index in [1.54, 1.807) is 12.1 Å². The quantitative estimate of drug-likeness (QED) is 0.917. The van der Waals surface area contributed by atoms with E-state index in [2.05, 4.69) is 0 Å². The summed E-state index contributed by atoms with van der Waals surface area (Å²) >= 11 is 5.98. The first-order chi connectivity index (χ1) is 7.82. The van der Waals surface area contributed by atoms with Crippen LogP contribution in [0.2, 0.25) is 0 Å². The summed E-state index contributed by atoms with van der Waals surface area (Å²) in [5.41, 5.74) is -0.367. The molecular formula is C13H17ClO2S. The van der Waals surface area contributed by atoms with E-state index in [0.717, 1.165) is 0 Å². The molecule has 1 unspecified atom stereocenters. The largest absolute Gasteiger partial charge is 0.387 e. The molecule has 0 bridgehead atoms. The third-order valence-corrected chi connectivity index (χ3v) is 3.93. The molecule has 2 atom stereocenters. The molecule has 1 N–H and O–H groups in total. The number of hydrogen-bond acceptors (Lipinski definition) is 2. The van der Waals surface area contributed by atoms with Crippen LogP contribution in [0, 0.1) is 5.41 Å². The van der Waals surface area contributed by atoms with Gasteiger partial charge in [0.2, 0.25) is 0 Å². The van der Waals surface area contributed by atoms with Crippen LogP contribution < -0.4 is 0 Å². The Bertz CT molecular complexity index is 421. The third-order valence-electron chi connectivity index (χ3n) is 2.28. The molecule has 0 radical (unpaired) electrons. The molecule has 17 heavy (non-hydrogen) atoms. The molecule has 0 aromatic heterocycles. The lowest BCUT2D eigenvalue weighted by Gasteiger charge is -2.25. The van der Waals surface area contributed by atoms with Crippen molar-refractivity contribution in [2.45, 2.75) is 31.8 Å². The average molecular weight is 273 g/mol. The highest BCUT2D eigenvalue weighted by molar-refractivity contribution is 7.88. The van der Waals surface area contributed by atoms with Crippen LogP contribution in [0.15, 0.2) is 45.7 Å². The van der Waals surface area contributed by atoms with Gasteiger partial charge in [0.1, 0.15) is 0 Å². The molecule has 0 spiro atoms. The molecule has 1 aromatic carbocycles. The predicted octanol–water partition coefficient (Wildman–Crippen LogP) is 3.28.